The van der Waals surface area contributed by atoms with Crippen molar-refractivity contribution in [2.75, 3.05) is 32.2 Å². The van der Waals surface area contributed by atoms with Gasteiger partial charge in [-0.15, -0.1) is 0 Å². The third kappa shape index (κ3) is 11.9. The summed E-state index contributed by atoms with van der Waals surface area (Å²) in [5, 5.41) is 18.7. The quantitative estimate of drug-likeness (QED) is 0.287. The third-order valence-corrected chi connectivity index (χ3v) is 6.71. The Hall–Kier alpha value is -1.95. The van der Waals surface area contributed by atoms with E-state index < -0.39 is 31.9 Å². The molecule has 1 atom stereocenters. The van der Waals surface area contributed by atoms with Gasteiger partial charge in [-0.3, -0.25) is 4.79 Å². The van der Waals surface area contributed by atoms with Crippen LogP contribution in [0.15, 0.2) is 41.3 Å². The Morgan fingerprint density at radius 2 is 1.87 bits per heavy atom. The lowest BCUT2D eigenvalue weighted by atomic mass is 10.2. The zero-order valence-corrected chi connectivity index (χ0v) is 19.4. The van der Waals surface area contributed by atoms with E-state index in [0.29, 0.717) is 31.4 Å². The Morgan fingerprint density at radius 1 is 1.16 bits per heavy atom. The van der Waals surface area contributed by atoms with Crippen LogP contribution in [0.1, 0.15) is 32.1 Å². The molecule has 0 radical (unpaired) electrons. The van der Waals surface area contributed by atoms with Crippen molar-refractivity contribution in [1.82, 2.24) is 4.31 Å². The van der Waals surface area contributed by atoms with Crippen LogP contribution < -0.4 is 4.74 Å². The van der Waals surface area contributed by atoms with Crippen LogP contribution in [0.3, 0.4) is 0 Å². The Balaban J connectivity index is 2.44. The number of aliphatic hydroxyl groups excluding tert-OH is 1. The Kier molecular flexibility index (Phi) is 11.2. The summed E-state index contributed by atoms with van der Waals surface area (Å²) in [4.78, 5) is 10.6. The normalized spacial score (nSPS) is 13.5. The minimum atomic E-state index is -3.42. The van der Waals surface area contributed by atoms with E-state index in [1.54, 1.807) is 24.3 Å². The van der Waals surface area contributed by atoms with Crippen LogP contribution in [0, 0.1) is 0 Å². The first-order chi connectivity index (χ1) is 14.4. The Morgan fingerprint density at radius 3 is 2.48 bits per heavy atom. The third-order valence-electron chi connectivity index (χ3n) is 4.33. The molecule has 1 unspecified atom stereocenters. The number of aliphatic carboxylic acids is 1. The van der Waals surface area contributed by atoms with Crippen molar-refractivity contribution < 1.29 is 36.6 Å². The molecule has 0 aromatic heterocycles. The molecule has 1 rings (SSSR count). The molecule has 176 valence electrons. The zero-order valence-electron chi connectivity index (χ0n) is 17.8. The van der Waals surface area contributed by atoms with Gasteiger partial charge in [0.15, 0.2) is 9.84 Å². The van der Waals surface area contributed by atoms with Gasteiger partial charge in [0.1, 0.15) is 12.4 Å². The van der Waals surface area contributed by atoms with E-state index in [0.717, 1.165) is 12.5 Å². The van der Waals surface area contributed by atoms with Gasteiger partial charge >= 0.3 is 5.97 Å². The number of carboxylic acid groups (broad SMARTS) is 1. The maximum absolute atomic E-state index is 11.9. The van der Waals surface area contributed by atoms with Crippen LogP contribution in [0.2, 0.25) is 0 Å². The van der Waals surface area contributed by atoms with Crippen LogP contribution in [0.4, 0.5) is 0 Å². The number of hydrogen-bond acceptors (Lipinski definition) is 7. The summed E-state index contributed by atoms with van der Waals surface area (Å²) < 4.78 is 53.7. The van der Waals surface area contributed by atoms with Crippen molar-refractivity contribution in [2.45, 2.75) is 43.1 Å². The monoisotopic (exact) mass is 477 g/mol. The van der Waals surface area contributed by atoms with Gasteiger partial charge in [0.05, 0.1) is 17.3 Å². The van der Waals surface area contributed by atoms with E-state index in [1.165, 1.54) is 16.4 Å². The summed E-state index contributed by atoms with van der Waals surface area (Å²) in [6, 6.07) is 5.99. The minimum absolute atomic E-state index is 0.0461. The summed E-state index contributed by atoms with van der Waals surface area (Å²) in [6.07, 6.45) is 6.65. The van der Waals surface area contributed by atoms with Gasteiger partial charge < -0.3 is 14.9 Å². The van der Waals surface area contributed by atoms with Crippen molar-refractivity contribution >= 4 is 25.8 Å². The molecule has 2 N–H and O–H groups in total. The number of aliphatic hydroxyl groups is 1. The second-order valence-electron chi connectivity index (χ2n) is 7.23. The van der Waals surface area contributed by atoms with Gasteiger partial charge in [0.25, 0.3) is 0 Å². The fourth-order valence-electron chi connectivity index (χ4n) is 2.65. The molecular weight excluding hydrogens is 446 g/mol. The van der Waals surface area contributed by atoms with Gasteiger partial charge in [-0.2, -0.15) is 4.31 Å². The smallest absolute Gasteiger partial charge is 0.303 e. The predicted octanol–water partition coefficient (Wildman–Crippen LogP) is 1.68. The molecule has 31 heavy (non-hydrogen) atoms. The molecule has 1 aromatic carbocycles. The predicted molar refractivity (Wildman–Crippen MR) is 117 cm³/mol. The number of unbranched alkanes of at least 4 members (excludes halogenated alkanes) is 1. The van der Waals surface area contributed by atoms with Crippen LogP contribution in [-0.4, -0.2) is 75.6 Å². The van der Waals surface area contributed by atoms with E-state index in [4.69, 9.17) is 9.84 Å². The summed E-state index contributed by atoms with van der Waals surface area (Å²) >= 11 is 0. The van der Waals surface area contributed by atoms with Crippen molar-refractivity contribution in [3.63, 3.8) is 0 Å². The van der Waals surface area contributed by atoms with Crippen LogP contribution >= 0.6 is 0 Å². The fraction of sp³-hybridized carbons (Fsp3) is 0.550. The standard InChI is InChI=1S/C20H31NO8S2/c1-30(25,26)19-11-7-10-18(15-19)29-16-17(22)9-8-14-21(31(2,27)28)13-6-4-3-5-12-20(23)24/h4,6-7,10-11,15,17,22H,3,5,8-9,12-14,16H2,1-2H3,(H,23,24). The second kappa shape index (κ2) is 12.8. The van der Waals surface area contributed by atoms with E-state index in [1.807, 2.05) is 0 Å². The molecule has 0 bridgehead atoms. The Labute approximate surface area is 184 Å². The highest BCUT2D eigenvalue weighted by Crippen LogP contribution is 2.18. The molecule has 0 aliphatic heterocycles. The molecule has 0 amide bonds. The molecule has 1 aromatic rings. The number of carboxylic acids is 1. The highest BCUT2D eigenvalue weighted by Gasteiger charge is 2.16. The average molecular weight is 478 g/mol. The summed E-state index contributed by atoms with van der Waals surface area (Å²) in [7, 11) is -6.78. The van der Waals surface area contributed by atoms with Crippen LogP contribution in [0.25, 0.3) is 0 Å². The summed E-state index contributed by atoms with van der Waals surface area (Å²) in [6.45, 7) is 0.352. The largest absolute Gasteiger partial charge is 0.491 e. The van der Waals surface area contributed by atoms with Crippen molar-refractivity contribution in [2.24, 2.45) is 0 Å². The summed E-state index contributed by atoms with van der Waals surface area (Å²) in [5.41, 5.74) is 0. The molecular formula is C20H31NO8S2. The van der Waals surface area contributed by atoms with Crippen molar-refractivity contribution in [3.8, 4) is 5.75 Å². The number of benzene rings is 1. The van der Waals surface area contributed by atoms with Crippen LogP contribution in [-0.2, 0) is 24.7 Å². The minimum Gasteiger partial charge on any atom is -0.491 e. The highest BCUT2D eigenvalue weighted by molar-refractivity contribution is 7.90. The highest BCUT2D eigenvalue weighted by atomic mass is 32.2. The van der Waals surface area contributed by atoms with E-state index >= 15 is 0 Å². The maximum atomic E-state index is 11.9. The van der Waals surface area contributed by atoms with Crippen LogP contribution in [0.5, 0.6) is 5.75 Å². The Bertz CT molecular complexity index is 942. The molecule has 0 aliphatic rings. The molecule has 9 nitrogen and oxygen atoms in total. The summed E-state index contributed by atoms with van der Waals surface area (Å²) in [5.74, 6) is -0.537. The lowest BCUT2D eigenvalue weighted by Gasteiger charge is -2.19. The van der Waals surface area contributed by atoms with Crippen molar-refractivity contribution in [3.05, 3.63) is 36.4 Å². The first-order valence-electron chi connectivity index (χ1n) is 9.82. The maximum Gasteiger partial charge on any atom is 0.303 e. The topological polar surface area (TPSA) is 138 Å². The van der Waals surface area contributed by atoms with Gasteiger partial charge in [-0.05, 0) is 43.9 Å². The number of hydrogen-bond donors (Lipinski definition) is 2. The number of ether oxygens (including phenoxy) is 1. The first-order valence-corrected chi connectivity index (χ1v) is 13.6. The first kappa shape index (κ1) is 27.1. The number of rotatable bonds is 15. The van der Waals surface area contributed by atoms with Gasteiger partial charge in [-0.25, -0.2) is 16.8 Å². The molecule has 0 heterocycles. The van der Waals surface area contributed by atoms with Gasteiger partial charge in [-0.1, -0.05) is 18.2 Å². The van der Waals surface area contributed by atoms with Gasteiger partial charge in [0.2, 0.25) is 10.0 Å². The second-order valence-corrected chi connectivity index (χ2v) is 11.2. The lowest BCUT2D eigenvalue weighted by molar-refractivity contribution is -0.137. The lowest BCUT2D eigenvalue weighted by Crippen LogP contribution is -2.32. The zero-order chi connectivity index (χ0) is 23.5. The van der Waals surface area contributed by atoms with Gasteiger partial charge in [0, 0.05) is 25.8 Å². The van der Waals surface area contributed by atoms with E-state index in [2.05, 4.69) is 0 Å². The van der Waals surface area contributed by atoms with E-state index in [9.17, 15) is 26.7 Å². The van der Waals surface area contributed by atoms with E-state index in [-0.39, 0.29) is 31.0 Å². The fourth-order valence-corrected chi connectivity index (χ4v) is 4.12. The number of sulfone groups is 1. The average Bonchev–Trinajstić information content (AvgIpc) is 2.66. The molecule has 0 aliphatic carbocycles. The molecule has 11 heteroatoms. The molecule has 0 saturated carbocycles. The SMILES string of the molecule is CS(=O)(=O)c1cccc(OCC(O)CCCN(CC=CCCCC(=O)O)S(C)(=O)=O)c1. The molecule has 0 fully saturated rings. The number of nitrogens with zero attached hydrogens (tertiary/aromatic N) is 1. The molecule has 0 spiro atoms. The van der Waals surface area contributed by atoms with Crippen molar-refractivity contribution in [1.29, 1.82) is 0 Å². The number of carbonyl (C=O) groups is 1. The molecule has 0 saturated heterocycles. The number of allylic oxidation sites excluding steroid dienone is 1. The number of sulfonamides is 1.